The fourth-order valence-electron chi connectivity index (χ4n) is 3.37. The molecule has 0 bridgehead atoms. The summed E-state index contributed by atoms with van der Waals surface area (Å²) >= 11 is 8.09. The van der Waals surface area contributed by atoms with Gasteiger partial charge in [-0.05, 0) is 18.4 Å². The molecule has 11 heteroatoms. The molecule has 170 valence electrons. The van der Waals surface area contributed by atoms with Crippen molar-refractivity contribution in [2.75, 3.05) is 18.1 Å². The van der Waals surface area contributed by atoms with E-state index in [1.165, 1.54) is 4.90 Å². The van der Waals surface area contributed by atoms with Crippen LogP contribution in [0.15, 0.2) is 30.3 Å². The molecule has 1 fully saturated rings. The average molecular weight is 469 g/mol. The zero-order valence-corrected chi connectivity index (χ0v) is 18.7. The quantitative estimate of drug-likeness (QED) is 0.255. The van der Waals surface area contributed by atoms with Crippen LogP contribution in [0.1, 0.15) is 18.4 Å². The van der Waals surface area contributed by atoms with Crippen LogP contribution in [0.3, 0.4) is 0 Å². The zero-order chi connectivity index (χ0) is 23.0. The number of aliphatic carboxylic acids is 1. The first-order chi connectivity index (χ1) is 14.8. The second kappa shape index (κ2) is 12.0. The maximum Gasteiger partial charge on any atom is 0.326 e. The van der Waals surface area contributed by atoms with E-state index in [2.05, 4.69) is 35.9 Å². The van der Waals surface area contributed by atoms with E-state index >= 15 is 0 Å². The highest BCUT2D eigenvalue weighted by Gasteiger charge is 2.38. The van der Waals surface area contributed by atoms with E-state index in [0.29, 0.717) is 19.4 Å². The second-order valence-electron chi connectivity index (χ2n) is 7.31. The van der Waals surface area contributed by atoms with Gasteiger partial charge in [0, 0.05) is 24.5 Å². The summed E-state index contributed by atoms with van der Waals surface area (Å²) in [5, 5.41) is 14.6. The Morgan fingerprint density at radius 1 is 1.06 bits per heavy atom. The topological polar surface area (TPSA) is 142 Å². The highest BCUT2D eigenvalue weighted by molar-refractivity contribution is 7.80. The molecule has 31 heavy (non-hydrogen) atoms. The summed E-state index contributed by atoms with van der Waals surface area (Å²) in [7, 11) is 0. The number of amides is 3. The maximum atomic E-state index is 13.2. The third kappa shape index (κ3) is 6.88. The summed E-state index contributed by atoms with van der Waals surface area (Å²) in [4.78, 5) is 50.9. The molecule has 1 aromatic carbocycles. The summed E-state index contributed by atoms with van der Waals surface area (Å²) in [6.45, 7) is 0.306. The van der Waals surface area contributed by atoms with Gasteiger partial charge in [-0.3, -0.25) is 14.4 Å². The Morgan fingerprint density at radius 3 is 2.29 bits per heavy atom. The molecule has 0 spiro atoms. The van der Waals surface area contributed by atoms with Gasteiger partial charge in [0.25, 0.3) is 0 Å². The van der Waals surface area contributed by atoms with Gasteiger partial charge < -0.3 is 26.4 Å². The number of hydrogen-bond donors (Lipinski definition) is 6. The predicted molar refractivity (Wildman–Crippen MR) is 122 cm³/mol. The predicted octanol–water partition coefficient (Wildman–Crippen LogP) is -0.539. The van der Waals surface area contributed by atoms with Crippen LogP contribution in [0.5, 0.6) is 0 Å². The van der Waals surface area contributed by atoms with Crippen LogP contribution in [0, 0.1) is 0 Å². The molecule has 0 saturated carbocycles. The fraction of sp³-hybridized carbons (Fsp3) is 0.500. The molecule has 3 amide bonds. The summed E-state index contributed by atoms with van der Waals surface area (Å²) in [5.74, 6) is -2.61. The highest BCUT2D eigenvalue weighted by Crippen LogP contribution is 2.19. The molecule has 1 saturated heterocycles. The summed E-state index contributed by atoms with van der Waals surface area (Å²) < 4.78 is 0. The number of hydrogen-bond acceptors (Lipinski definition) is 7. The molecule has 1 heterocycles. The van der Waals surface area contributed by atoms with Gasteiger partial charge in [0.1, 0.15) is 18.1 Å². The Labute approximate surface area is 191 Å². The monoisotopic (exact) mass is 468 g/mol. The van der Waals surface area contributed by atoms with E-state index in [4.69, 9.17) is 5.73 Å². The van der Waals surface area contributed by atoms with Crippen molar-refractivity contribution in [2.45, 2.75) is 43.4 Å². The molecule has 1 aliphatic heterocycles. The number of likely N-dealkylation sites (tertiary alicyclic amines) is 1. The molecule has 5 N–H and O–H groups in total. The molecule has 1 aromatic rings. The molecule has 9 nitrogen and oxygen atoms in total. The number of nitrogens with zero attached hydrogens (tertiary/aromatic N) is 1. The summed E-state index contributed by atoms with van der Waals surface area (Å²) in [6, 6.07) is 5.27. The number of thiol groups is 2. The first-order valence-corrected chi connectivity index (χ1v) is 11.2. The lowest BCUT2D eigenvalue weighted by Crippen LogP contribution is -2.58. The molecular formula is C20H28N4O5S2. The first-order valence-electron chi connectivity index (χ1n) is 9.93. The van der Waals surface area contributed by atoms with Gasteiger partial charge in [0.05, 0.1) is 6.04 Å². The number of carboxylic acid groups (broad SMARTS) is 1. The standard InChI is InChI=1S/C20H28N4O5S2/c21-13(10-30)17(25)23-15(11-31)18(26)22-14(9-12-5-2-1-3-6-12)19(27)24-8-4-7-16(24)20(28)29/h1-3,5-6,13-16,30-31H,4,7-11,21H2,(H,22,26)(H,23,25)(H,28,29). The van der Waals surface area contributed by atoms with Crippen molar-refractivity contribution in [3.05, 3.63) is 35.9 Å². The minimum atomic E-state index is -1.07. The van der Waals surface area contributed by atoms with Crippen LogP contribution in [0.25, 0.3) is 0 Å². The molecular weight excluding hydrogens is 440 g/mol. The Hall–Kier alpha value is -2.24. The third-order valence-corrected chi connectivity index (χ3v) is 5.83. The van der Waals surface area contributed by atoms with Crippen molar-refractivity contribution in [2.24, 2.45) is 5.73 Å². The minimum Gasteiger partial charge on any atom is -0.480 e. The van der Waals surface area contributed by atoms with Crippen molar-refractivity contribution in [1.82, 2.24) is 15.5 Å². The van der Waals surface area contributed by atoms with Crippen molar-refractivity contribution < 1.29 is 24.3 Å². The van der Waals surface area contributed by atoms with Gasteiger partial charge in [-0.1, -0.05) is 30.3 Å². The van der Waals surface area contributed by atoms with Crippen molar-refractivity contribution in [1.29, 1.82) is 0 Å². The Kier molecular flexibility index (Phi) is 9.66. The van der Waals surface area contributed by atoms with Crippen LogP contribution >= 0.6 is 25.3 Å². The van der Waals surface area contributed by atoms with Crippen LogP contribution < -0.4 is 16.4 Å². The molecule has 4 atom stereocenters. The van der Waals surface area contributed by atoms with Gasteiger partial charge in [-0.2, -0.15) is 25.3 Å². The van der Waals surface area contributed by atoms with Gasteiger partial charge >= 0.3 is 5.97 Å². The largest absolute Gasteiger partial charge is 0.480 e. The third-order valence-electron chi connectivity index (χ3n) is 5.07. The van der Waals surface area contributed by atoms with Gasteiger partial charge in [0.2, 0.25) is 17.7 Å². The Morgan fingerprint density at radius 2 is 1.71 bits per heavy atom. The number of nitrogens with two attached hydrogens (primary N) is 1. The number of benzene rings is 1. The van der Waals surface area contributed by atoms with Crippen LogP contribution in [0.2, 0.25) is 0 Å². The van der Waals surface area contributed by atoms with Crippen molar-refractivity contribution >= 4 is 48.9 Å². The van der Waals surface area contributed by atoms with E-state index in [0.717, 1.165) is 5.56 Å². The molecule has 0 aromatic heterocycles. The lowest BCUT2D eigenvalue weighted by Gasteiger charge is -2.28. The van der Waals surface area contributed by atoms with Gasteiger partial charge in [-0.25, -0.2) is 4.79 Å². The molecule has 1 aliphatic rings. The lowest BCUT2D eigenvalue weighted by atomic mass is 10.0. The number of carbonyl (C=O) groups is 4. The molecule has 2 rings (SSSR count). The Bertz CT molecular complexity index is 795. The number of rotatable bonds is 10. The van der Waals surface area contributed by atoms with E-state index in [1.807, 2.05) is 30.3 Å². The van der Waals surface area contributed by atoms with E-state index < -0.39 is 47.9 Å². The normalized spacial score (nSPS) is 18.7. The molecule has 4 unspecified atom stereocenters. The lowest BCUT2D eigenvalue weighted by molar-refractivity contribution is -0.149. The average Bonchev–Trinajstić information content (AvgIpc) is 3.26. The number of carboxylic acids is 1. The van der Waals surface area contributed by atoms with Crippen LogP contribution in [-0.4, -0.2) is 75.9 Å². The maximum absolute atomic E-state index is 13.2. The number of carbonyl (C=O) groups excluding carboxylic acids is 3. The SMILES string of the molecule is NC(CS)C(=O)NC(CS)C(=O)NC(Cc1ccccc1)C(=O)N1CCCC1C(=O)O. The van der Waals surface area contributed by atoms with Gasteiger partial charge in [-0.15, -0.1) is 0 Å². The molecule has 0 radical (unpaired) electrons. The van der Waals surface area contributed by atoms with Crippen LogP contribution in [-0.2, 0) is 25.6 Å². The van der Waals surface area contributed by atoms with E-state index in [1.54, 1.807) is 0 Å². The van der Waals surface area contributed by atoms with Crippen molar-refractivity contribution in [3.63, 3.8) is 0 Å². The Balaban J connectivity index is 2.19. The number of nitrogens with one attached hydrogen (secondary N) is 2. The zero-order valence-electron chi connectivity index (χ0n) is 16.9. The highest BCUT2D eigenvalue weighted by atomic mass is 32.1. The summed E-state index contributed by atoms with van der Waals surface area (Å²) in [5.41, 5.74) is 6.44. The minimum absolute atomic E-state index is 0.00935. The smallest absolute Gasteiger partial charge is 0.326 e. The van der Waals surface area contributed by atoms with Crippen LogP contribution in [0.4, 0.5) is 0 Å². The molecule has 0 aliphatic carbocycles. The van der Waals surface area contributed by atoms with E-state index in [-0.39, 0.29) is 17.9 Å². The van der Waals surface area contributed by atoms with Crippen molar-refractivity contribution in [3.8, 4) is 0 Å². The second-order valence-corrected chi connectivity index (χ2v) is 8.04. The van der Waals surface area contributed by atoms with Gasteiger partial charge in [0.15, 0.2) is 0 Å². The fourth-order valence-corrected chi connectivity index (χ4v) is 3.79. The first kappa shape index (κ1) is 25.0. The summed E-state index contributed by atoms with van der Waals surface area (Å²) in [6.07, 6.45) is 1.12. The van der Waals surface area contributed by atoms with E-state index in [9.17, 15) is 24.3 Å².